The van der Waals surface area contributed by atoms with Gasteiger partial charge in [0.05, 0.1) is 25.2 Å². The van der Waals surface area contributed by atoms with Gasteiger partial charge < -0.3 is 24.7 Å². The van der Waals surface area contributed by atoms with Crippen LogP contribution in [0.15, 0.2) is 78.2 Å². The Bertz CT molecular complexity index is 1340. The average Bonchev–Trinajstić information content (AvgIpc) is 2.87. The van der Waals surface area contributed by atoms with E-state index in [9.17, 15) is 10.1 Å². The quantitative estimate of drug-likeness (QED) is 0.330. The Morgan fingerprint density at radius 1 is 1.06 bits per heavy atom. The molecule has 1 unspecified atom stereocenters. The van der Waals surface area contributed by atoms with Crippen LogP contribution in [0.5, 0.6) is 23.0 Å². The average molecular weight is 485 g/mol. The lowest BCUT2D eigenvalue weighted by molar-refractivity contribution is 0.0734. The van der Waals surface area contributed by atoms with Crippen LogP contribution in [-0.4, -0.2) is 19.7 Å². The molecule has 0 bridgehead atoms. The molecule has 0 amide bonds. The van der Waals surface area contributed by atoms with Crippen LogP contribution >= 0.6 is 0 Å². The molecule has 36 heavy (non-hydrogen) atoms. The first-order chi connectivity index (χ1) is 17.4. The number of carbonyl (C=O) groups is 1. The van der Waals surface area contributed by atoms with Crippen LogP contribution < -0.4 is 24.7 Å². The third kappa shape index (κ3) is 5.44. The molecule has 1 heterocycles. The van der Waals surface area contributed by atoms with Gasteiger partial charge in [0.1, 0.15) is 34.6 Å². The summed E-state index contributed by atoms with van der Waals surface area (Å²) in [7, 11) is 1.53. The molecule has 3 aromatic rings. The Hall–Kier alpha value is -4.44. The van der Waals surface area contributed by atoms with Gasteiger partial charge in [-0.1, -0.05) is 38.1 Å². The van der Waals surface area contributed by atoms with E-state index in [-0.39, 0.29) is 5.88 Å². The standard InChI is InChI=1S/C29H28N2O5/c1-18(2)12-13-34-22-9-4-6-19(14-22)27-24-11-10-23(16-26(24)36-28(31)25(27)17-30)35-29(32)20-7-5-8-21(15-20)33-3/h4-11,14-16,18,27H,12-13,31H2,1-3H3. The Kier molecular flexibility index (Phi) is 7.45. The van der Waals surface area contributed by atoms with Gasteiger partial charge in [-0.05, 0) is 54.3 Å². The van der Waals surface area contributed by atoms with Gasteiger partial charge in [-0.25, -0.2) is 4.79 Å². The van der Waals surface area contributed by atoms with Crippen molar-refractivity contribution in [3.05, 3.63) is 94.9 Å². The van der Waals surface area contributed by atoms with Gasteiger partial charge in [0.15, 0.2) is 0 Å². The van der Waals surface area contributed by atoms with Crippen molar-refractivity contribution in [2.24, 2.45) is 11.7 Å². The Morgan fingerprint density at radius 3 is 2.58 bits per heavy atom. The maximum Gasteiger partial charge on any atom is 0.343 e. The third-order valence-electron chi connectivity index (χ3n) is 5.86. The molecule has 0 saturated carbocycles. The van der Waals surface area contributed by atoms with Gasteiger partial charge in [0.25, 0.3) is 0 Å². The number of rotatable bonds is 8. The summed E-state index contributed by atoms with van der Waals surface area (Å²) in [5.41, 5.74) is 8.39. The van der Waals surface area contributed by atoms with E-state index in [2.05, 4.69) is 19.9 Å². The van der Waals surface area contributed by atoms with Crippen LogP contribution in [0, 0.1) is 17.2 Å². The summed E-state index contributed by atoms with van der Waals surface area (Å²) < 4.78 is 22.4. The van der Waals surface area contributed by atoms with Crippen LogP contribution in [0.2, 0.25) is 0 Å². The van der Waals surface area contributed by atoms with Gasteiger partial charge >= 0.3 is 5.97 Å². The lowest BCUT2D eigenvalue weighted by Crippen LogP contribution is -2.21. The number of hydrogen-bond acceptors (Lipinski definition) is 7. The van der Waals surface area contributed by atoms with E-state index < -0.39 is 11.9 Å². The second-order valence-corrected chi connectivity index (χ2v) is 8.85. The van der Waals surface area contributed by atoms with Gasteiger partial charge in [-0.3, -0.25) is 0 Å². The van der Waals surface area contributed by atoms with Gasteiger partial charge in [-0.15, -0.1) is 0 Å². The molecule has 184 valence electrons. The highest BCUT2D eigenvalue weighted by Gasteiger charge is 2.31. The molecule has 0 spiro atoms. The van der Waals surface area contributed by atoms with Crippen molar-refractivity contribution in [3.63, 3.8) is 0 Å². The fourth-order valence-electron chi connectivity index (χ4n) is 3.95. The summed E-state index contributed by atoms with van der Waals surface area (Å²) in [5.74, 6) is 1.55. The van der Waals surface area contributed by atoms with Crippen molar-refractivity contribution < 1.29 is 23.7 Å². The van der Waals surface area contributed by atoms with Gasteiger partial charge in [-0.2, -0.15) is 5.26 Å². The number of benzene rings is 3. The molecule has 1 atom stereocenters. The fraction of sp³-hybridized carbons (Fsp3) is 0.241. The van der Waals surface area contributed by atoms with Gasteiger partial charge in [0, 0.05) is 11.6 Å². The number of nitrogens with two attached hydrogens (primary N) is 1. The molecule has 2 N–H and O–H groups in total. The number of nitriles is 1. The Balaban J connectivity index is 1.62. The molecule has 7 nitrogen and oxygen atoms in total. The predicted octanol–water partition coefficient (Wildman–Crippen LogP) is 5.56. The zero-order chi connectivity index (χ0) is 25.7. The zero-order valence-corrected chi connectivity index (χ0v) is 20.5. The highest BCUT2D eigenvalue weighted by atomic mass is 16.5. The lowest BCUT2D eigenvalue weighted by atomic mass is 9.83. The molecule has 0 fully saturated rings. The zero-order valence-electron chi connectivity index (χ0n) is 20.5. The Labute approximate surface area is 210 Å². The van der Waals surface area contributed by atoms with Crippen molar-refractivity contribution in [1.82, 2.24) is 0 Å². The number of ether oxygens (including phenoxy) is 4. The number of nitrogens with zero attached hydrogens (tertiary/aromatic N) is 1. The maximum atomic E-state index is 12.7. The number of hydrogen-bond donors (Lipinski definition) is 1. The first-order valence-electron chi connectivity index (χ1n) is 11.7. The molecule has 1 aliphatic rings. The van der Waals surface area contributed by atoms with Crippen LogP contribution in [-0.2, 0) is 0 Å². The molecule has 0 saturated heterocycles. The highest BCUT2D eigenvalue weighted by Crippen LogP contribution is 2.44. The number of esters is 1. The number of methoxy groups -OCH3 is 1. The minimum atomic E-state index is -0.534. The summed E-state index contributed by atoms with van der Waals surface area (Å²) in [6.07, 6.45) is 0.942. The second kappa shape index (κ2) is 10.9. The monoisotopic (exact) mass is 484 g/mol. The predicted molar refractivity (Wildman–Crippen MR) is 135 cm³/mol. The largest absolute Gasteiger partial charge is 0.497 e. The molecular formula is C29H28N2O5. The van der Waals surface area contributed by atoms with E-state index in [0.29, 0.717) is 40.9 Å². The van der Waals surface area contributed by atoms with E-state index in [1.807, 2.05) is 24.3 Å². The van der Waals surface area contributed by atoms with Crippen molar-refractivity contribution in [3.8, 4) is 29.1 Å². The smallest absolute Gasteiger partial charge is 0.343 e. The third-order valence-corrected chi connectivity index (χ3v) is 5.86. The van der Waals surface area contributed by atoms with E-state index in [4.69, 9.17) is 24.7 Å². The van der Waals surface area contributed by atoms with Crippen LogP contribution in [0.3, 0.4) is 0 Å². The van der Waals surface area contributed by atoms with E-state index in [0.717, 1.165) is 23.3 Å². The van der Waals surface area contributed by atoms with Crippen molar-refractivity contribution in [1.29, 1.82) is 5.26 Å². The molecule has 4 rings (SSSR count). The number of fused-ring (bicyclic) bond motifs is 1. The van der Waals surface area contributed by atoms with Crippen molar-refractivity contribution in [2.75, 3.05) is 13.7 Å². The molecule has 0 aromatic heterocycles. The number of allylic oxidation sites excluding steroid dienone is 1. The molecule has 3 aromatic carbocycles. The minimum absolute atomic E-state index is 0.0115. The van der Waals surface area contributed by atoms with Crippen LogP contribution in [0.4, 0.5) is 0 Å². The van der Waals surface area contributed by atoms with E-state index in [1.54, 1.807) is 42.5 Å². The van der Waals surface area contributed by atoms with Crippen molar-refractivity contribution in [2.45, 2.75) is 26.2 Å². The van der Waals surface area contributed by atoms with Crippen LogP contribution in [0.1, 0.15) is 47.7 Å². The summed E-state index contributed by atoms with van der Waals surface area (Å²) in [5, 5.41) is 9.85. The topological polar surface area (TPSA) is 104 Å². The summed E-state index contributed by atoms with van der Waals surface area (Å²) in [6.45, 7) is 4.90. The summed E-state index contributed by atoms with van der Waals surface area (Å²) in [4.78, 5) is 12.7. The van der Waals surface area contributed by atoms with Crippen molar-refractivity contribution >= 4 is 5.97 Å². The Morgan fingerprint density at radius 2 is 1.83 bits per heavy atom. The normalized spacial score (nSPS) is 14.5. The fourth-order valence-corrected chi connectivity index (χ4v) is 3.95. The highest BCUT2D eigenvalue weighted by molar-refractivity contribution is 5.91. The molecule has 1 aliphatic heterocycles. The van der Waals surface area contributed by atoms with E-state index in [1.165, 1.54) is 7.11 Å². The molecule has 0 radical (unpaired) electrons. The first-order valence-corrected chi connectivity index (χ1v) is 11.7. The van der Waals surface area contributed by atoms with Crippen LogP contribution in [0.25, 0.3) is 0 Å². The minimum Gasteiger partial charge on any atom is -0.497 e. The van der Waals surface area contributed by atoms with Gasteiger partial charge in [0.2, 0.25) is 5.88 Å². The second-order valence-electron chi connectivity index (χ2n) is 8.85. The molecular weight excluding hydrogens is 456 g/mol. The SMILES string of the molecule is COc1cccc(C(=O)Oc2ccc3c(c2)OC(N)=C(C#N)C3c2cccc(OCCC(C)C)c2)c1. The molecule has 7 heteroatoms. The van der Waals surface area contributed by atoms with E-state index >= 15 is 0 Å². The number of carbonyl (C=O) groups excluding carboxylic acids is 1. The summed E-state index contributed by atoms with van der Waals surface area (Å²) in [6, 6.07) is 21.6. The molecule has 0 aliphatic carbocycles. The maximum absolute atomic E-state index is 12.7. The lowest BCUT2D eigenvalue weighted by Gasteiger charge is -2.27. The summed E-state index contributed by atoms with van der Waals surface area (Å²) >= 11 is 0. The first kappa shape index (κ1) is 24.7.